The fraction of sp³-hybridized carbons (Fsp3) is 0.455. The Labute approximate surface area is 114 Å². The second-order valence-corrected chi connectivity index (χ2v) is 5.12. The number of nitrogens with one attached hydrogen (secondary N) is 2. The molecule has 0 radical (unpaired) electrons. The summed E-state index contributed by atoms with van der Waals surface area (Å²) in [6.45, 7) is 3.94. The van der Waals surface area contributed by atoms with E-state index in [2.05, 4.69) is 31.5 Å². The van der Waals surface area contributed by atoms with Gasteiger partial charge in [-0.15, -0.1) is 11.6 Å². The van der Waals surface area contributed by atoms with Gasteiger partial charge >= 0.3 is 0 Å². The molecule has 1 amide bonds. The smallest absolute Gasteiger partial charge is 0.243 e. The second kappa shape index (κ2) is 6.81. The van der Waals surface area contributed by atoms with Crippen molar-refractivity contribution in [1.29, 1.82) is 0 Å². The van der Waals surface area contributed by atoms with Gasteiger partial charge in [0, 0.05) is 10.7 Å². The van der Waals surface area contributed by atoms with Crippen LogP contribution in [0.15, 0.2) is 22.9 Å². The van der Waals surface area contributed by atoms with E-state index in [9.17, 15) is 4.79 Å². The van der Waals surface area contributed by atoms with Crippen molar-refractivity contribution in [3.63, 3.8) is 0 Å². The summed E-state index contributed by atoms with van der Waals surface area (Å²) in [6.07, 6.45) is 3.36. The molecule has 1 aromatic rings. The molecule has 1 aromatic heterocycles. The van der Waals surface area contributed by atoms with Crippen LogP contribution in [0.4, 0.5) is 5.69 Å². The molecule has 0 saturated heterocycles. The fourth-order valence-electron chi connectivity index (χ4n) is 1.38. The lowest BCUT2D eigenvalue weighted by molar-refractivity contribution is -0.122. The summed E-state index contributed by atoms with van der Waals surface area (Å²) in [6, 6.07) is 1.65. The number of amides is 1. The average Bonchev–Trinajstić information content (AvgIpc) is 2.26. The van der Waals surface area contributed by atoms with E-state index in [4.69, 9.17) is 11.6 Å². The Morgan fingerprint density at radius 1 is 1.53 bits per heavy atom. The molecule has 0 saturated carbocycles. The van der Waals surface area contributed by atoms with Gasteiger partial charge in [-0.1, -0.05) is 13.8 Å². The van der Waals surface area contributed by atoms with Crippen molar-refractivity contribution in [3.05, 3.63) is 22.9 Å². The third-order valence-electron chi connectivity index (χ3n) is 2.22. The van der Waals surface area contributed by atoms with Gasteiger partial charge in [0.15, 0.2) is 0 Å². The lowest BCUT2D eigenvalue weighted by Crippen LogP contribution is -2.42. The number of hydrogen-bond donors (Lipinski definition) is 2. The molecule has 0 bridgehead atoms. The first-order chi connectivity index (χ1) is 8.04. The lowest BCUT2D eigenvalue weighted by atomic mass is 10.0. The van der Waals surface area contributed by atoms with Crippen molar-refractivity contribution >= 4 is 39.1 Å². The van der Waals surface area contributed by atoms with E-state index in [1.807, 2.05) is 19.9 Å². The number of carbonyl (C=O) groups is 1. The maximum absolute atomic E-state index is 11.8. The molecule has 0 aliphatic rings. The molecule has 1 heterocycles. The first-order valence-electron chi connectivity index (χ1n) is 5.25. The van der Waals surface area contributed by atoms with E-state index in [0.29, 0.717) is 0 Å². The summed E-state index contributed by atoms with van der Waals surface area (Å²) in [5.41, 5.74) is 0.794. The monoisotopic (exact) mass is 319 g/mol. The Kier molecular flexibility index (Phi) is 5.71. The summed E-state index contributed by atoms with van der Waals surface area (Å²) in [4.78, 5) is 15.8. The van der Waals surface area contributed by atoms with Gasteiger partial charge in [0.1, 0.15) is 6.04 Å². The van der Waals surface area contributed by atoms with E-state index in [1.165, 1.54) is 0 Å². The Morgan fingerprint density at radius 3 is 2.76 bits per heavy atom. The van der Waals surface area contributed by atoms with Crippen molar-refractivity contribution in [2.45, 2.75) is 19.9 Å². The normalized spacial score (nSPS) is 12.3. The summed E-state index contributed by atoms with van der Waals surface area (Å²) >= 11 is 8.83. The quantitative estimate of drug-likeness (QED) is 0.648. The lowest BCUT2D eigenvalue weighted by Gasteiger charge is -2.22. The van der Waals surface area contributed by atoms with Crippen LogP contribution < -0.4 is 10.6 Å². The molecule has 0 fully saturated rings. The molecule has 4 nitrogen and oxygen atoms in total. The highest BCUT2D eigenvalue weighted by atomic mass is 79.9. The fourth-order valence-corrected chi connectivity index (χ4v) is 1.88. The van der Waals surface area contributed by atoms with Crippen LogP contribution in [0.3, 0.4) is 0 Å². The highest BCUT2D eigenvalue weighted by Gasteiger charge is 2.21. The van der Waals surface area contributed by atoms with Gasteiger partial charge < -0.3 is 10.6 Å². The number of nitrogens with zero attached hydrogens (tertiary/aromatic N) is 1. The third kappa shape index (κ3) is 4.52. The Hall–Kier alpha value is -0.810. The largest absolute Gasteiger partial charge is 0.372 e. The molecule has 0 aliphatic carbocycles. The number of alkyl halides is 1. The van der Waals surface area contributed by atoms with Crippen LogP contribution in [0.1, 0.15) is 13.8 Å². The van der Waals surface area contributed by atoms with Gasteiger partial charge in [-0.25, -0.2) is 0 Å². The molecule has 1 atom stereocenters. The van der Waals surface area contributed by atoms with Gasteiger partial charge in [0.05, 0.1) is 17.9 Å². The zero-order valence-electron chi connectivity index (χ0n) is 9.71. The number of rotatable bonds is 5. The number of halogens is 2. The number of anilines is 1. The molecule has 6 heteroatoms. The molecular formula is C11H15BrClN3O. The molecule has 94 valence electrons. The van der Waals surface area contributed by atoms with Crippen molar-refractivity contribution in [1.82, 2.24) is 10.3 Å². The average molecular weight is 321 g/mol. The second-order valence-electron chi connectivity index (χ2n) is 3.93. The van der Waals surface area contributed by atoms with Crippen LogP contribution in [-0.4, -0.2) is 22.9 Å². The van der Waals surface area contributed by atoms with E-state index in [1.54, 1.807) is 12.4 Å². The highest BCUT2D eigenvalue weighted by molar-refractivity contribution is 9.10. The molecule has 1 unspecified atom stereocenters. The summed E-state index contributed by atoms with van der Waals surface area (Å²) < 4.78 is 0.864. The molecule has 2 N–H and O–H groups in total. The molecule has 0 spiro atoms. The van der Waals surface area contributed by atoms with Crippen LogP contribution in [0, 0.1) is 5.92 Å². The Bertz CT molecular complexity index is 387. The predicted octanol–water partition coefficient (Wildman–Crippen LogP) is 2.59. The van der Waals surface area contributed by atoms with Crippen LogP contribution in [0.5, 0.6) is 0 Å². The van der Waals surface area contributed by atoms with Crippen LogP contribution >= 0.6 is 27.5 Å². The number of carbonyl (C=O) groups excluding carboxylic acids is 1. The van der Waals surface area contributed by atoms with Crippen LogP contribution in [-0.2, 0) is 4.79 Å². The van der Waals surface area contributed by atoms with Crippen molar-refractivity contribution in [2.24, 2.45) is 5.92 Å². The summed E-state index contributed by atoms with van der Waals surface area (Å²) in [5.74, 6) is 0.0344. The topological polar surface area (TPSA) is 54.0 Å². The maximum atomic E-state index is 11.8. The number of pyridine rings is 1. The molecular weight excluding hydrogens is 305 g/mol. The van der Waals surface area contributed by atoms with Gasteiger partial charge in [-0.3, -0.25) is 9.78 Å². The van der Waals surface area contributed by atoms with E-state index < -0.39 is 0 Å². The van der Waals surface area contributed by atoms with E-state index in [0.717, 1.165) is 10.2 Å². The first kappa shape index (κ1) is 14.3. The van der Waals surface area contributed by atoms with Crippen LogP contribution in [0.25, 0.3) is 0 Å². The zero-order chi connectivity index (χ0) is 12.8. The van der Waals surface area contributed by atoms with Crippen molar-refractivity contribution < 1.29 is 4.79 Å². The molecule has 0 aliphatic heterocycles. The minimum absolute atomic E-state index is 0.112. The van der Waals surface area contributed by atoms with E-state index >= 15 is 0 Å². The third-order valence-corrected chi connectivity index (χ3v) is 2.78. The zero-order valence-corrected chi connectivity index (χ0v) is 12.0. The molecule has 17 heavy (non-hydrogen) atoms. The summed E-state index contributed by atoms with van der Waals surface area (Å²) in [5, 5.41) is 5.73. The molecule has 0 aromatic carbocycles. The standard InChI is InChI=1S/C11H15BrClN3O/c1-7(2)10(11(17)15-6-13)16-9-3-8(12)4-14-5-9/h3-5,7,10,16H,6H2,1-2H3,(H,15,17). The minimum atomic E-state index is -0.329. The first-order valence-corrected chi connectivity index (χ1v) is 6.58. The van der Waals surface area contributed by atoms with Gasteiger partial charge in [-0.2, -0.15) is 0 Å². The van der Waals surface area contributed by atoms with Crippen LogP contribution in [0.2, 0.25) is 0 Å². The number of hydrogen-bond acceptors (Lipinski definition) is 3. The van der Waals surface area contributed by atoms with Crippen molar-refractivity contribution in [2.75, 3.05) is 11.3 Å². The van der Waals surface area contributed by atoms with E-state index in [-0.39, 0.29) is 23.9 Å². The summed E-state index contributed by atoms with van der Waals surface area (Å²) in [7, 11) is 0. The Balaban J connectivity index is 2.76. The predicted molar refractivity (Wildman–Crippen MR) is 73.0 cm³/mol. The Morgan fingerprint density at radius 2 is 2.24 bits per heavy atom. The van der Waals surface area contributed by atoms with Gasteiger partial charge in [0.25, 0.3) is 0 Å². The maximum Gasteiger partial charge on any atom is 0.243 e. The van der Waals surface area contributed by atoms with Gasteiger partial charge in [0.2, 0.25) is 5.91 Å². The number of aromatic nitrogens is 1. The molecule has 1 rings (SSSR count). The highest BCUT2D eigenvalue weighted by Crippen LogP contribution is 2.16. The minimum Gasteiger partial charge on any atom is -0.372 e. The SMILES string of the molecule is CC(C)C(Nc1cncc(Br)c1)C(=O)NCCl. The van der Waals surface area contributed by atoms with Gasteiger partial charge in [-0.05, 0) is 27.9 Å². The van der Waals surface area contributed by atoms with Crippen molar-refractivity contribution in [3.8, 4) is 0 Å².